The lowest BCUT2D eigenvalue weighted by Crippen LogP contribution is -2.50. The predicted molar refractivity (Wildman–Crippen MR) is 175 cm³/mol. The second-order valence-corrected chi connectivity index (χ2v) is 13.2. The van der Waals surface area contributed by atoms with Crippen molar-refractivity contribution in [3.05, 3.63) is 64.5 Å². The molecule has 0 N–H and O–H groups in total. The molecule has 2 atom stereocenters. The van der Waals surface area contributed by atoms with Gasteiger partial charge in [-0.05, 0) is 77.3 Å². The number of benzene rings is 1. The average molecular weight is 654 g/mol. The largest absolute Gasteiger partial charge is 0.486 e. The van der Waals surface area contributed by atoms with E-state index in [0.29, 0.717) is 54.1 Å². The zero-order chi connectivity index (χ0) is 31.7. The van der Waals surface area contributed by atoms with Crippen LogP contribution in [0.1, 0.15) is 64.9 Å². The molecule has 0 spiro atoms. The second kappa shape index (κ2) is 13.0. The fourth-order valence-corrected chi connectivity index (χ4v) is 6.45. The van der Waals surface area contributed by atoms with Crippen LogP contribution in [0.15, 0.2) is 48.9 Å². The number of carbonyl (C=O) groups excluding carboxylic acids is 1. The molecule has 10 nitrogen and oxygen atoms in total. The highest BCUT2D eigenvalue weighted by Gasteiger charge is 2.27. The Labute approximate surface area is 273 Å². The highest BCUT2D eigenvalue weighted by atomic mass is 35.5. The standard InChI is InChI=1S/C33H38Cl2N6O4/c1-21(30-25(34)19-36-20-26(30)35)44-23-9-10-27-24(17-23)31(38-41(27)29-7-5-6-16-43-29)22-8-11-28(37-18-22)39-12-14-40(15-13-39)32(42)45-33(2,3)4/h8-11,17-21,29H,5-7,12-16H2,1-4H3/t21-,29?/m1/s1. The Kier molecular flexibility index (Phi) is 9.08. The van der Waals surface area contributed by atoms with E-state index in [2.05, 4.69) is 9.88 Å². The van der Waals surface area contributed by atoms with Crippen molar-refractivity contribution in [3.8, 4) is 17.0 Å². The molecular weight excluding hydrogens is 615 g/mol. The smallest absolute Gasteiger partial charge is 0.410 e. The molecule has 0 saturated carbocycles. The molecule has 1 unspecified atom stereocenters. The van der Waals surface area contributed by atoms with Crippen molar-refractivity contribution in [2.45, 2.75) is 64.9 Å². The Morgan fingerprint density at radius 2 is 1.78 bits per heavy atom. The van der Waals surface area contributed by atoms with Crippen LogP contribution in [0, 0.1) is 0 Å². The molecule has 3 aromatic heterocycles. The highest BCUT2D eigenvalue weighted by molar-refractivity contribution is 6.35. The molecule has 6 rings (SSSR count). The van der Waals surface area contributed by atoms with Crippen LogP contribution in [-0.4, -0.2) is 69.1 Å². The van der Waals surface area contributed by atoms with E-state index in [1.54, 1.807) is 17.3 Å². The predicted octanol–water partition coefficient (Wildman–Crippen LogP) is 7.70. The first kappa shape index (κ1) is 31.4. The van der Waals surface area contributed by atoms with Crippen LogP contribution >= 0.6 is 23.2 Å². The van der Waals surface area contributed by atoms with E-state index in [1.165, 1.54) is 0 Å². The van der Waals surface area contributed by atoms with E-state index in [0.717, 1.165) is 47.2 Å². The summed E-state index contributed by atoms with van der Waals surface area (Å²) in [6.07, 6.45) is 7.21. The lowest BCUT2D eigenvalue weighted by molar-refractivity contribution is -0.0365. The summed E-state index contributed by atoms with van der Waals surface area (Å²) in [7, 11) is 0. The molecule has 1 aromatic carbocycles. The Hall–Kier alpha value is -3.60. The van der Waals surface area contributed by atoms with Crippen LogP contribution in [-0.2, 0) is 9.47 Å². The fraction of sp³-hybridized carbons (Fsp3) is 0.455. The first-order chi connectivity index (χ1) is 21.6. The van der Waals surface area contributed by atoms with Crippen molar-refractivity contribution < 1.29 is 19.0 Å². The van der Waals surface area contributed by atoms with Crippen LogP contribution in [0.3, 0.4) is 0 Å². The molecule has 4 aromatic rings. The maximum Gasteiger partial charge on any atom is 0.410 e. The molecule has 2 saturated heterocycles. The van der Waals surface area contributed by atoms with Gasteiger partial charge >= 0.3 is 6.09 Å². The quantitative estimate of drug-likeness (QED) is 0.209. The molecule has 0 radical (unpaired) electrons. The minimum atomic E-state index is -0.516. The monoisotopic (exact) mass is 652 g/mol. The Balaban J connectivity index is 1.25. The molecule has 45 heavy (non-hydrogen) atoms. The molecule has 2 aliphatic rings. The van der Waals surface area contributed by atoms with Crippen LogP contribution in [0.25, 0.3) is 22.2 Å². The van der Waals surface area contributed by atoms with E-state index < -0.39 is 11.7 Å². The number of carbonyl (C=O) groups is 1. The summed E-state index contributed by atoms with van der Waals surface area (Å²) in [5, 5.41) is 6.91. The lowest BCUT2D eigenvalue weighted by Gasteiger charge is -2.36. The first-order valence-corrected chi connectivity index (χ1v) is 16.1. The maximum absolute atomic E-state index is 12.5. The number of rotatable bonds is 6. The molecule has 5 heterocycles. The average Bonchev–Trinajstić information content (AvgIpc) is 3.40. The number of fused-ring (bicyclic) bond motifs is 1. The number of halogens is 2. The lowest BCUT2D eigenvalue weighted by atomic mass is 10.1. The number of pyridine rings is 2. The Bertz CT molecular complexity index is 1640. The number of ether oxygens (including phenoxy) is 3. The van der Waals surface area contributed by atoms with Crippen LogP contribution in [0.5, 0.6) is 5.75 Å². The number of nitrogens with zero attached hydrogens (tertiary/aromatic N) is 6. The third kappa shape index (κ3) is 6.98. The van der Waals surface area contributed by atoms with Gasteiger partial charge in [-0.2, -0.15) is 5.10 Å². The topological polar surface area (TPSA) is 94.8 Å². The summed E-state index contributed by atoms with van der Waals surface area (Å²) in [5.74, 6) is 1.52. The van der Waals surface area contributed by atoms with Crippen molar-refractivity contribution in [1.82, 2.24) is 24.6 Å². The van der Waals surface area contributed by atoms with Crippen molar-refractivity contribution in [1.29, 1.82) is 0 Å². The van der Waals surface area contributed by atoms with Gasteiger partial charge in [-0.3, -0.25) is 4.98 Å². The molecule has 238 valence electrons. The number of aromatic nitrogens is 4. The van der Waals surface area contributed by atoms with Gasteiger partial charge in [0.1, 0.15) is 29.0 Å². The Morgan fingerprint density at radius 1 is 1.02 bits per heavy atom. The van der Waals surface area contributed by atoms with Gasteiger partial charge in [0.15, 0.2) is 6.23 Å². The summed E-state index contributed by atoms with van der Waals surface area (Å²) < 4.78 is 20.0. The van der Waals surface area contributed by atoms with E-state index in [9.17, 15) is 4.79 Å². The van der Waals surface area contributed by atoms with Gasteiger partial charge in [-0.1, -0.05) is 23.2 Å². The Morgan fingerprint density at radius 3 is 2.42 bits per heavy atom. The first-order valence-electron chi connectivity index (χ1n) is 15.4. The third-order valence-electron chi connectivity index (χ3n) is 7.99. The molecule has 1 amide bonds. The fourth-order valence-electron chi connectivity index (χ4n) is 5.77. The van der Waals surface area contributed by atoms with Crippen molar-refractivity contribution in [2.75, 3.05) is 37.7 Å². The van der Waals surface area contributed by atoms with Crippen molar-refractivity contribution in [3.63, 3.8) is 0 Å². The van der Waals surface area contributed by atoms with Crippen molar-refractivity contribution >= 4 is 46.0 Å². The number of anilines is 1. The SMILES string of the molecule is C[C@@H](Oc1ccc2c(c1)c(-c1ccc(N3CCN(C(=O)OC(C)(C)C)CC3)nc1)nn2C1CCCCO1)c1c(Cl)cncc1Cl. The van der Waals surface area contributed by atoms with Gasteiger partial charge in [0.05, 0.1) is 15.6 Å². The van der Waals surface area contributed by atoms with E-state index in [4.69, 9.17) is 47.5 Å². The van der Waals surface area contributed by atoms with Crippen LogP contribution in [0.4, 0.5) is 10.6 Å². The summed E-state index contributed by atoms with van der Waals surface area (Å²) in [6, 6.07) is 10.0. The van der Waals surface area contributed by atoms with Crippen LogP contribution in [0.2, 0.25) is 10.0 Å². The van der Waals surface area contributed by atoms with E-state index >= 15 is 0 Å². The minimum Gasteiger partial charge on any atom is -0.486 e. The molecule has 0 aliphatic carbocycles. The molecule has 2 fully saturated rings. The zero-order valence-electron chi connectivity index (χ0n) is 26.0. The maximum atomic E-state index is 12.5. The molecule has 2 aliphatic heterocycles. The second-order valence-electron chi connectivity index (χ2n) is 12.4. The molecule has 12 heteroatoms. The normalized spacial score (nSPS) is 18.2. The summed E-state index contributed by atoms with van der Waals surface area (Å²) in [6.45, 7) is 10.8. The minimum absolute atomic E-state index is 0.136. The number of amides is 1. The van der Waals surface area contributed by atoms with E-state index in [1.807, 2.05) is 68.9 Å². The number of hydrogen-bond acceptors (Lipinski definition) is 8. The molecule has 0 bridgehead atoms. The van der Waals surface area contributed by atoms with Gasteiger partial charge < -0.3 is 24.0 Å². The van der Waals surface area contributed by atoms with Gasteiger partial charge in [0, 0.05) is 67.9 Å². The molecular formula is C33H38Cl2N6O4. The third-order valence-corrected chi connectivity index (χ3v) is 8.59. The van der Waals surface area contributed by atoms with Gasteiger partial charge in [-0.25, -0.2) is 14.5 Å². The van der Waals surface area contributed by atoms with Gasteiger partial charge in [-0.15, -0.1) is 0 Å². The summed E-state index contributed by atoms with van der Waals surface area (Å²) in [4.78, 5) is 25.3. The van der Waals surface area contributed by atoms with Crippen LogP contribution < -0.4 is 9.64 Å². The summed E-state index contributed by atoms with van der Waals surface area (Å²) >= 11 is 12.8. The van der Waals surface area contributed by atoms with E-state index in [-0.39, 0.29) is 12.3 Å². The van der Waals surface area contributed by atoms with Gasteiger partial charge in [0.2, 0.25) is 0 Å². The van der Waals surface area contributed by atoms with Crippen molar-refractivity contribution in [2.24, 2.45) is 0 Å². The number of hydrogen-bond donors (Lipinski definition) is 0. The number of piperazine rings is 1. The summed E-state index contributed by atoms with van der Waals surface area (Å²) in [5.41, 5.74) is 2.81. The highest BCUT2D eigenvalue weighted by Crippen LogP contribution is 2.37. The van der Waals surface area contributed by atoms with Gasteiger partial charge in [0.25, 0.3) is 0 Å². The zero-order valence-corrected chi connectivity index (χ0v) is 27.5.